The number of benzene rings is 3. The van der Waals surface area contributed by atoms with E-state index in [1.807, 2.05) is 47.2 Å². The molecule has 0 radical (unpaired) electrons. The Labute approximate surface area is 416 Å². The number of aldehydes is 1. The van der Waals surface area contributed by atoms with Crippen LogP contribution < -0.4 is 10.9 Å². The van der Waals surface area contributed by atoms with Gasteiger partial charge in [-0.1, -0.05) is 61.7 Å². The molecule has 2 atom stereocenters. The van der Waals surface area contributed by atoms with Crippen molar-refractivity contribution in [1.82, 2.24) is 40.0 Å². The van der Waals surface area contributed by atoms with Crippen LogP contribution in [0.3, 0.4) is 0 Å². The third kappa shape index (κ3) is 11.9. The number of hydrogen-bond donors (Lipinski definition) is 2. The number of piperidine rings is 3. The standard InChI is InChI=1S/C40H52FN7O4.C16H19NO2/c1-42-36(29-7-3-2-4-8-29)39(52)47-19-15-40(16-20-47)13-17-45(18-14-40)27-35(49)46-21-23-48(24-22-46)38(51)32-25-28(11-12-33(32)41)26-34-30-9-5-6-10-31(30)37(50)44-43-34;18-11-12-3-1-4-14(9-12)15-5-2-8-17(10-15)16(19)13-6-7-13/h5-6,9-12,25,29,36,42H,2-4,7-8,13-24,26-27H2,1H3,(H,44,50);1,3-4,9,11,13,15H,2,5-8,10H2. The topological polar surface area (TPSA) is 159 Å². The molecule has 5 heterocycles. The second-order valence-corrected chi connectivity index (χ2v) is 21.2. The highest BCUT2D eigenvalue weighted by atomic mass is 19.1. The number of carbonyl (C=O) groups is 5. The van der Waals surface area contributed by atoms with Gasteiger partial charge in [-0.2, -0.15) is 5.10 Å². The number of hydrogen-bond acceptors (Lipinski definition) is 9. The summed E-state index contributed by atoms with van der Waals surface area (Å²) in [6.45, 7) is 6.98. The summed E-state index contributed by atoms with van der Waals surface area (Å²) in [5.74, 6) is 0.850. The predicted molar refractivity (Wildman–Crippen MR) is 271 cm³/mol. The maximum absolute atomic E-state index is 15.0. The lowest BCUT2D eigenvalue weighted by molar-refractivity contribution is -0.139. The van der Waals surface area contributed by atoms with Crippen LogP contribution in [-0.4, -0.2) is 150 Å². The first kappa shape index (κ1) is 50.2. The minimum Gasteiger partial charge on any atom is -0.342 e. The van der Waals surface area contributed by atoms with Gasteiger partial charge in [-0.05, 0) is 131 Å². The Balaban J connectivity index is 0.000000273. The van der Waals surface area contributed by atoms with Gasteiger partial charge in [0, 0.05) is 81.6 Å². The number of likely N-dealkylation sites (tertiary alicyclic amines) is 3. The van der Waals surface area contributed by atoms with E-state index in [4.69, 9.17) is 0 Å². The summed E-state index contributed by atoms with van der Waals surface area (Å²) in [4.78, 5) is 85.3. The Morgan fingerprint density at radius 1 is 0.761 bits per heavy atom. The predicted octanol–water partition coefficient (Wildman–Crippen LogP) is 6.43. The molecular weight excluding hydrogens is 900 g/mol. The maximum Gasteiger partial charge on any atom is 0.272 e. The first-order valence-electron chi connectivity index (χ1n) is 26.4. The fraction of sp³-hybridized carbons (Fsp3) is 0.554. The Bertz CT molecular complexity index is 2600. The number of nitrogens with one attached hydrogen (secondary N) is 2. The third-order valence-corrected chi connectivity index (χ3v) is 16.6. The molecule has 2 N–H and O–H groups in total. The smallest absolute Gasteiger partial charge is 0.272 e. The largest absolute Gasteiger partial charge is 0.342 e. The molecule has 14 nitrogen and oxygen atoms in total. The van der Waals surface area contributed by atoms with E-state index in [9.17, 15) is 33.2 Å². The molecule has 378 valence electrons. The summed E-state index contributed by atoms with van der Waals surface area (Å²) < 4.78 is 15.0. The van der Waals surface area contributed by atoms with Crippen LogP contribution in [0.5, 0.6) is 0 Å². The average molecular weight is 971 g/mol. The zero-order chi connectivity index (χ0) is 49.5. The Morgan fingerprint density at radius 3 is 2.17 bits per heavy atom. The molecular formula is C56H71FN8O6. The number of rotatable bonds is 11. The van der Waals surface area contributed by atoms with Crippen LogP contribution in [0, 0.1) is 23.1 Å². The van der Waals surface area contributed by atoms with Crippen molar-refractivity contribution >= 4 is 40.7 Å². The Kier molecular flexibility index (Phi) is 16.1. The summed E-state index contributed by atoms with van der Waals surface area (Å²) in [5.41, 5.74) is 3.24. The maximum atomic E-state index is 15.0. The second kappa shape index (κ2) is 22.7. The van der Waals surface area contributed by atoms with Crippen molar-refractivity contribution in [2.75, 3.05) is 79.0 Å². The molecule has 15 heteroatoms. The van der Waals surface area contributed by atoms with Crippen molar-refractivity contribution in [2.45, 2.75) is 102 Å². The molecule has 4 aliphatic heterocycles. The highest BCUT2D eigenvalue weighted by molar-refractivity contribution is 5.95. The normalized spacial score (nSPS) is 21.4. The van der Waals surface area contributed by atoms with E-state index in [-0.39, 0.29) is 34.4 Å². The minimum absolute atomic E-state index is 0.00507. The highest BCUT2D eigenvalue weighted by Crippen LogP contribution is 2.42. The van der Waals surface area contributed by atoms with Gasteiger partial charge in [0.15, 0.2) is 0 Å². The molecule has 6 aliphatic rings. The van der Waals surface area contributed by atoms with Crippen LogP contribution in [-0.2, 0) is 20.8 Å². The van der Waals surface area contributed by atoms with Crippen LogP contribution in [0.2, 0.25) is 0 Å². The van der Waals surface area contributed by atoms with Gasteiger partial charge in [0.05, 0.1) is 29.2 Å². The van der Waals surface area contributed by atoms with Crippen molar-refractivity contribution in [3.8, 4) is 0 Å². The highest BCUT2D eigenvalue weighted by Gasteiger charge is 2.41. The van der Waals surface area contributed by atoms with Crippen LogP contribution in [0.15, 0.2) is 71.5 Å². The van der Waals surface area contributed by atoms with Crippen LogP contribution in [0.25, 0.3) is 10.8 Å². The number of likely N-dealkylation sites (N-methyl/N-ethyl adjacent to an activating group) is 1. The van der Waals surface area contributed by atoms with E-state index in [1.54, 1.807) is 29.2 Å². The van der Waals surface area contributed by atoms with Gasteiger partial charge in [-0.3, -0.25) is 33.7 Å². The number of nitrogens with zero attached hydrogens (tertiary/aromatic N) is 6. The molecule has 71 heavy (non-hydrogen) atoms. The number of halogens is 1. The molecule has 4 saturated heterocycles. The molecule has 1 spiro atoms. The van der Waals surface area contributed by atoms with Crippen molar-refractivity contribution in [2.24, 2.45) is 17.3 Å². The molecule has 2 unspecified atom stereocenters. The number of aromatic amines is 1. The summed E-state index contributed by atoms with van der Waals surface area (Å²) in [7, 11) is 1.93. The molecule has 0 bridgehead atoms. The summed E-state index contributed by atoms with van der Waals surface area (Å²) in [5, 5.41) is 11.3. The number of aromatic nitrogens is 2. The number of H-pyrrole nitrogens is 1. The average Bonchev–Trinajstić information content (AvgIpc) is 4.28. The van der Waals surface area contributed by atoms with Gasteiger partial charge < -0.3 is 24.9 Å². The van der Waals surface area contributed by atoms with Gasteiger partial charge in [-0.15, -0.1) is 0 Å². The summed E-state index contributed by atoms with van der Waals surface area (Å²) in [6.07, 6.45) is 15.7. The van der Waals surface area contributed by atoms with E-state index in [2.05, 4.69) is 31.4 Å². The molecule has 4 aromatic rings. The van der Waals surface area contributed by atoms with Gasteiger partial charge >= 0.3 is 0 Å². The molecule has 3 aromatic carbocycles. The fourth-order valence-corrected chi connectivity index (χ4v) is 12.0. The van der Waals surface area contributed by atoms with Crippen LogP contribution in [0.1, 0.15) is 127 Å². The number of carbonyl (C=O) groups excluding carboxylic acids is 5. The van der Waals surface area contributed by atoms with Gasteiger partial charge in [0.25, 0.3) is 11.5 Å². The second-order valence-electron chi connectivity index (χ2n) is 21.2. The Morgan fingerprint density at radius 2 is 1.46 bits per heavy atom. The zero-order valence-corrected chi connectivity index (χ0v) is 41.4. The molecule has 1 aromatic heterocycles. The molecule has 2 saturated carbocycles. The quantitative estimate of drug-likeness (QED) is 0.162. The molecule has 6 fully saturated rings. The van der Waals surface area contributed by atoms with Crippen LogP contribution in [0.4, 0.5) is 4.39 Å². The van der Waals surface area contributed by atoms with E-state index >= 15 is 0 Å². The van der Waals surface area contributed by atoms with Gasteiger partial charge in [0.1, 0.15) is 12.1 Å². The van der Waals surface area contributed by atoms with Crippen LogP contribution >= 0.6 is 0 Å². The summed E-state index contributed by atoms with van der Waals surface area (Å²) in [6, 6.07) is 19.4. The summed E-state index contributed by atoms with van der Waals surface area (Å²) >= 11 is 0. The lowest BCUT2D eigenvalue weighted by Gasteiger charge is -2.47. The number of amides is 4. The number of piperazine rings is 1. The monoisotopic (exact) mass is 971 g/mol. The lowest BCUT2D eigenvalue weighted by atomic mass is 9.71. The molecule has 2 aliphatic carbocycles. The first-order chi connectivity index (χ1) is 34.5. The van der Waals surface area contributed by atoms with Crippen molar-refractivity contribution in [3.63, 3.8) is 0 Å². The van der Waals surface area contributed by atoms with E-state index in [0.717, 1.165) is 121 Å². The molecule has 4 amide bonds. The molecule has 10 rings (SSSR count). The van der Waals surface area contributed by atoms with E-state index in [0.29, 0.717) is 79.4 Å². The van der Waals surface area contributed by atoms with Gasteiger partial charge in [0.2, 0.25) is 17.7 Å². The van der Waals surface area contributed by atoms with Crippen molar-refractivity contribution < 1.29 is 28.4 Å². The first-order valence-corrected chi connectivity index (χ1v) is 26.4. The van der Waals surface area contributed by atoms with Crippen molar-refractivity contribution in [1.29, 1.82) is 0 Å². The minimum atomic E-state index is -0.590. The third-order valence-electron chi connectivity index (χ3n) is 16.6. The zero-order valence-electron chi connectivity index (χ0n) is 41.4. The van der Waals surface area contributed by atoms with Crippen molar-refractivity contribution in [3.05, 3.63) is 111 Å². The fourth-order valence-electron chi connectivity index (χ4n) is 12.0. The SMILES string of the molecule is CNC(C(=O)N1CCC2(CCN(CC(=O)N3CCN(C(=O)c4cc(Cc5n[nH]c(=O)c6ccccc56)ccc4F)CC3)CC2)CC1)C1CCCCC1.O=Cc1cccc(C2CCCN(C(=O)C3CC3)C2)c1. The van der Waals surface area contributed by atoms with E-state index in [1.165, 1.54) is 30.9 Å². The van der Waals surface area contributed by atoms with Gasteiger partial charge in [-0.25, -0.2) is 9.49 Å². The Hall–Kier alpha value is -5.80. The number of fused-ring (bicyclic) bond motifs is 1. The lowest BCUT2D eigenvalue weighted by Crippen LogP contribution is -2.55. The van der Waals surface area contributed by atoms with E-state index < -0.39 is 11.7 Å².